The van der Waals surface area contributed by atoms with Crippen LogP contribution < -0.4 is 13.8 Å². The van der Waals surface area contributed by atoms with Crippen LogP contribution in [0.1, 0.15) is 11.1 Å². The van der Waals surface area contributed by atoms with Gasteiger partial charge in [0.15, 0.2) is 11.5 Å². The van der Waals surface area contributed by atoms with Crippen LogP contribution in [0.5, 0.6) is 11.5 Å². The topological polar surface area (TPSA) is 55.8 Å². The summed E-state index contributed by atoms with van der Waals surface area (Å²) in [7, 11) is -1.28. The molecule has 0 fully saturated rings. The van der Waals surface area contributed by atoms with Crippen molar-refractivity contribution < 1.29 is 26.7 Å². The fourth-order valence-electron chi connectivity index (χ4n) is 2.96. The molecule has 8 heteroatoms. The Kier molecular flexibility index (Phi) is 6.26. The van der Waals surface area contributed by atoms with Crippen LogP contribution in [0.2, 0.25) is 0 Å². The zero-order chi connectivity index (χ0) is 21.9. The van der Waals surface area contributed by atoms with Gasteiger partial charge in [-0.2, -0.15) is 0 Å². The van der Waals surface area contributed by atoms with Crippen molar-refractivity contribution in [2.24, 2.45) is 0 Å². The molecule has 158 valence electrons. The van der Waals surface area contributed by atoms with Gasteiger partial charge in [0.05, 0.1) is 31.3 Å². The predicted molar refractivity (Wildman–Crippen MR) is 110 cm³/mol. The number of nitrogens with zero attached hydrogens (tertiary/aromatic N) is 1. The molecule has 0 saturated heterocycles. The zero-order valence-corrected chi connectivity index (χ0v) is 17.5. The van der Waals surface area contributed by atoms with Crippen molar-refractivity contribution in [2.45, 2.75) is 18.4 Å². The third kappa shape index (κ3) is 4.38. The molecule has 0 atom stereocenters. The summed E-state index contributed by atoms with van der Waals surface area (Å²) in [6, 6.07) is 14.0. The van der Waals surface area contributed by atoms with Gasteiger partial charge in [-0.05, 0) is 54.4 Å². The fourth-order valence-corrected chi connectivity index (χ4v) is 4.41. The van der Waals surface area contributed by atoms with Crippen molar-refractivity contribution in [3.05, 3.63) is 83.4 Å². The van der Waals surface area contributed by atoms with E-state index in [-0.39, 0.29) is 17.1 Å². The summed E-state index contributed by atoms with van der Waals surface area (Å²) in [4.78, 5) is -0.211. The second-order valence-electron chi connectivity index (χ2n) is 6.59. The second kappa shape index (κ2) is 8.71. The number of aryl methyl sites for hydroxylation is 1. The molecule has 3 aromatic rings. The minimum absolute atomic E-state index is 0.162. The molecule has 0 bridgehead atoms. The Hall–Kier alpha value is -3.13. The van der Waals surface area contributed by atoms with Crippen molar-refractivity contribution in [2.75, 3.05) is 18.5 Å². The lowest BCUT2D eigenvalue weighted by Gasteiger charge is -2.25. The smallest absolute Gasteiger partial charge is 0.264 e. The SMILES string of the molecule is COc1ccc(N(Cc2cccc(F)c2)S(=O)(=O)c2ccc(C)c(F)c2)cc1OC. The number of anilines is 1. The predicted octanol–water partition coefficient (Wildman–Crippen LogP) is 4.69. The highest BCUT2D eigenvalue weighted by Gasteiger charge is 2.27. The Balaban J connectivity index is 2.15. The number of halogens is 2. The molecule has 0 aromatic heterocycles. The molecule has 0 radical (unpaired) electrons. The fraction of sp³-hybridized carbons (Fsp3) is 0.182. The average Bonchev–Trinajstić information content (AvgIpc) is 2.73. The quantitative estimate of drug-likeness (QED) is 0.543. The first-order valence-electron chi connectivity index (χ1n) is 9.01. The Morgan fingerprint density at radius 3 is 2.27 bits per heavy atom. The van der Waals surface area contributed by atoms with Gasteiger partial charge >= 0.3 is 0 Å². The molecule has 0 saturated carbocycles. The minimum atomic E-state index is -4.17. The average molecular weight is 433 g/mol. The van der Waals surface area contributed by atoms with Crippen LogP contribution in [-0.2, 0) is 16.6 Å². The standard InChI is InChI=1S/C22H21F2NO4S/c1-15-7-9-19(13-20(15)24)30(26,27)25(14-16-5-4-6-17(23)11-16)18-8-10-21(28-2)22(12-18)29-3/h4-13H,14H2,1-3H3. The number of benzene rings is 3. The number of methoxy groups -OCH3 is 2. The van der Waals surface area contributed by atoms with Gasteiger partial charge in [-0.1, -0.05) is 18.2 Å². The summed E-state index contributed by atoms with van der Waals surface area (Å²) in [5, 5.41) is 0. The molecule has 0 spiro atoms. The van der Waals surface area contributed by atoms with Crippen LogP contribution in [0.4, 0.5) is 14.5 Å². The van der Waals surface area contributed by atoms with E-state index in [1.54, 1.807) is 25.1 Å². The minimum Gasteiger partial charge on any atom is -0.493 e. The second-order valence-corrected chi connectivity index (χ2v) is 8.45. The van der Waals surface area contributed by atoms with Crippen molar-refractivity contribution in [3.8, 4) is 11.5 Å². The van der Waals surface area contributed by atoms with Crippen LogP contribution in [-0.4, -0.2) is 22.6 Å². The van der Waals surface area contributed by atoms with Gasteiger partial charge in [-0.25, -0.2) is 17.2 Å². The lowest BCUT2D eigenvalue weighted by Crippen LogP contribution is -2.30. The molecule has 30 heavy (non-hydrogen) atoms. The van der Waals surface area contributed by atoms with E-state index in [0.29, 0.717) is 22.6 Å². The van der Waals surface area contributed by atoms with E-state index >= 15 is 0 Å². The van der Waals surface area contributed by atoms with Gasteiger partial charge < -0.3 is 9.47 Å². The first-order valence-corrected chi connectivity index (χ1v) is 10.5. The van der Waals surface area contributed by atoms with Crippen LogP contribution in [0.25, 0.3) is 0 Å². The maximum Gasteiger partial charge on any atom is 0.264 e. The number of sulfonamides is 1. The maximum absolute atomic E-state index is 14.1. The van der Waals surface area contributed by atoms with Crippen molar-refractivity contribution in [3.63, 3.8) is 0 Å². The lowest BCUT2D eigenvalue weighted by atomic mass is 10.2. The normalized spacial score (nSPS) is 11.2. The van der Waals surface area contributed by atoms with E-state index in [1.807, 2.05) is 0 Å². The molecule has 0 aliphatic carbocycles. The van der Waals surface area contributed by atoms with E-state index in [1.165, 1.54) is 50.6 Å². The largest absolute Gasteiger partial charge is 0.493 e. The van der Waals surface area contributed by atoms with Gasteiger partial charge in [0.1, 0.15) is 11.6 Å². The lowest BCUT2D eigenvalue weighted by molar-refractivity contribution is 0.355. The maximum atomic E-state index is 14.1. The van der Waals surface area contributed by atoms with Crippen molar-refractivity contribution >= 4 is 15.7 Å². The molecular formula is C22H21F2NO4S. The molecule has 0 aliphatic heterocycles. The summed E-state index contributed by atoms with van der Waals surface area (Å²) in [5.41, 5.74) is 1.02. The van der Waals surface area contributed by atoms with Crippen LogP contribution in [0.3, 0.4) is 0 Å². The molecule has 0 aliphatic rings. The number of hydrogen-bond acceptors (Lipinski definition) is 4. The third-order valence-electron chi connectivity index (χ3n) is 4.60. The van der Waals surface area contributed by atoms with Crippen molar-refractivity contribution in [1.29, 1.82) is 0 Å². The summed E-state index contributed by atoms with van der Waals surface area (Å²) in [6.45, 7) is 1.38. The van der Waals surface area contributed by atoms with Crippen molar-refractivity contribution in [1.82, 2.24) is 0 Å². The van der Waals surface area contributed by atoms with Crippen LogP contribution >= 0.6 is 0 Å². The first kappa shape index (κ1) is 21.6. The van der Waals surface area contributed by atoms with Gasteiger partial charge in [0.25, 0.3) is 10.0 Å². The molecule has 0 N–H and O–H groups in total. The molecule has 0 amide bonds. The summed E-state index contributed by atoms with van der Waals surface area (Å²) in [6.07, 6.45) is 0. The van der Waals surface area contributed by atoms with E-state index in [0.717, 1.165) is 10.4 Å². The van der Waals surface area contributed by atoms with Gasteiger partial charge in [-0.15, -0.1) is 0 Å². The monoisotopic (exact) mass is 433 g/mol. The molecule has 3 rings (SSSR count). The van der Waals surface area contributed by atoms with Crippen LogP contribution in [0.15, 0.2) is 65.6 Å². The highest BCUT2D eigenvalue weighted by Crippen LogP contribution is 2.35. The van der Waals surface area contributed by atoms with Gasteiger partial charge in [0, 0.05) is 6.07 Å². The van der Waals surface area contributed by atoms with Gasteiger partial charge in [0.2, 0.25) is 0 Å². The third-order valence-corrected chi connectivity index (χ3v) is 6.37. The van der Waals surface area contributed by atoms with E-state index in [2.05, 4.69) is 0 Å². The summed E-state index contributed by atoms with van der Waals surface area (Å²) < 4.78 is 66.2. The summed E-state index contributed by atoms with van der Waals surface area (Å²) >= 11 is 0. The Labute approximate surface area is 174 Å². The van der Waals surface area contributed by atoms with Crippen LogP contribution in [0, 0.1) is 18.6 Å². The molecule has 0 unspecified atom stereocenters. The number of hydrogen-bond donors (Lipinski definition) is 0. The molecule has 0 heterocycles. The Morgan fingerprint density at radius 1 is 0.900 bits per heavy atom. The Bertz CT molecular complexity index is 1170. The molecule has 3 aromatic carbocycles. The zero-order valence-electron chi connectivity index (χ0n) is 16.7. The van der Waals surface area contributed by atoms with E-state index in [9.17, 15) is 17.2 Å². The first-order chi connectivity index (χ1) is 14.3. The van der Waals surface area contributed by atoms with E-state index < -0.39 is 21.7 Å². The highest BCUT2D eigenvalue weighted by atomic mass is 32.2. The summed E-state index contributed by atoms with van der Waals surface area (Å²) in [5.74, 6) is -0.372. The Morgan fingerprint density at radius 2 is 1.63 bits per heavy atom. The van der Waals surface area contributed by atoms with E-state index in [4.69, 9.17) is 9.47 Å². The number of rotatable bonds is 7. The molecular weight excluding hydrogens is 412 g/mol. The van der Waals surface area contributed by atoms with Gasteiger partial charge in [-0.3, -0.25) is 4.31 Å². The highest BCUT2D eigenvalue weighted by molar-refractivity contribution is 7.92. The molecule has 5 nitrogen and oxygen atoms in total. The number of ether oxygens (including phenoxy) is 2.